The van der Waals surface area contributed by atoms with E-state index in [0.29, 0.717) is 19.3 Å². The minimum atomic E-state index is -0.777. The van der Waals surface area contributed by atoms with Crippen LogP contribution in [0.3, 0.4) is 0 Å². The summed E-state index contributed by atoms with van der Waals surface area (Å²) in [6, 6.07) is 0. The summed E-state index contributed by atoms with van der Waals surface area (Å²) in [5.74, 6) is -0.869. The van der Waals surface area contributed by atoms with Crippen molar-refractivity contribution in [2.45, 2.75) is 322 Å². The summed E-state index contributed by atoms with van der Waals surface area (Å²) < 4.78 is 16.9. The van der Waals surface area contributed by atoms with Crippen LogP contribution in [-0.2, 0) is 28.6 Å². The van der Waals surface area contributed by atoms with Crippen LogP contribution in [0.25, 0.3) is 0 Å². The fraction of sp³-hybridized carbons (Fsp3) is 0.825. The van der Waals surface area contributed by atoms with E-state index in [9.17, 15) is 14.4 Å². The first-order chi connectivity index (χ1) is 34.0. The van der Waals surface area contributed by atoms with E-state index in [-0.39, 0.29) is 31.1 Å². The van der Waals surface area contributed by atoms with Crippen molar-refractivity contribution in [3.8, 4) is 0 Å². The fourth-order valence-electron chi connectivity index (χ4n) is 8.74. The maximum absolute atomic E-state index is 12.9. The van der Waals surface area contributed by atoms with Gasteiger partial charge in [-0.3, -0.25) is 14.4 Å². The molecule has 0 unspecified atom stereocenters. The highest BCUT2D eigenvalue weighted by atomic mass is 16.6. The average Bonchev–Trinajstić information content (AvgIpc) is 3.35. The normalized spacial score (nSPS) is 12.3. The monoisotopic (exact) mass is 967 g/mol. The predicted molar refractivity (Wildman–Crippen MR) is 298 cm³/mol. The van der Waals surface area contributed by atoms with Gasteiger partial charge in [0.05, 0.1) is 0 Å². The number of esters is 3. The number of hydrogen-bond acceptors (Lipinski definition) is 6. The molecule has 0 rings (SSSR count). The second-order valence-corrected chi connectivity index (χ2v) is 20.3. The van der Waals surface area contributed by atoms with E-state index in [2.05, 4.69) is 69.4 Å². The molecule has 6 nitrogen and oxygen atoms in total. The largest absolute Gasteiger partial charge is 0.462 e. The van der Waals surface area contributed by atoms with Crippen molar-refractivity contribution in [1.29, 1.82) is 0 Å². The van der Waals surface area contributed by atoms with Crippen LogP contribution in [0.5, 0.6) is 0 Å². The van der Waals surface area contributed by atoms with Crippen molar-refractivity contribution in [1.82, 2.24) is 0 Å². The van der Waals surface area contributed by atoms with Crippen LogP contribution in [0, 0.1) is 0 Å². The molecular formula is C63H114O6. The molecule has 0 N–H and O–H groups in total. The lowest BCUT2D eigenvalue weighted by atomic mass is 10.0. The van der Waals surface area contributed by atoms with Gasteiger partial charge in [0.2, 0.25) is 0 Å². The van der Waals surface area contributed by atoms with E-state index < -0.39 is 6.10 Å². The Balaban J connectivity index is 4.36. The molecule has 0 radical (unpaired) electrons. The smallest absolute Gasteiger partial charge is 0.306 e. The molecule has 0 fully saturated rings. The molecule has 0 bridgehead atoms. The molecule has 0 aromatic carbocycles. The third-order valence-corrected chi connectivity index (χ3v) is 13.3. The Morgan fingerprint density at radius 2 is 0.522 bits per heavy atom. The Morgan fingerprint density at radius 3 is 0.826 bits per heavy atom. The first-order valence-corrected chi connectivity index (χ1v) is 30.1. The molecule has 0 aliphatic heterocycles. The van der Waals surface area contributed by atoms with Gasteiger partial charge in [0.1, 0.15) is 13.2 Å². The van der Waals surface area contributed by atoms with Gasteiger partial charge < -0.3 is 14.2 Å². The van der Waals surface area contributed by atoms with E-state index in [4.69, 9.17) is 14.2 Å². The fourth-order valence-corrected chi connectivity index (χ4v) is 8.74. The molecular weight excluding hydrogens is 853 g/mol. The summed E-state index contributed by atoms with van der Waals surface area (Å²) in [6.07, 6.45) is 70.9. The zero-order chi connectivity index (χ0) is 50.0. The Morgan fingerprint density at radius 1 is 0.290 bits per heavy atom. The summed E-state index contributed by atoms with van der Waals surface area (Å²) in [4.78, 5) is 38.2. The van der Waals surface area contributed by atoms with E-state index >= 15 is 0 Å². The molecule has 402 valence electrons. The third kappa shape index (κ3) is 56.2. The Bertz CT molecular complexity index is 1200. The molecule has 0 spiro atoms. The lowest BCUT2D eigenvalue weighted by Crippen LogP contribution is -2.30. The first kappa shape index (κ1) is 66.4. The van der Waals surface area contributed by atoms with Gasteiger partial charge in [-0.15, -0.1) is 0 Å². The number of unbranched alkanes of at least 4 members (excludes halogenated alkanes) is 36. The number of hydrogen-bond donors (Lipinski definition) is 0. The molecule has 0 saturated heterocycles. The highest BCUT2D eigenvalue weighted by Gasteiger charge is 2.19. The molecule has 0 heterocycles. The summed E-state index contributed by atoms with van der Waals surface area (Å²) in [6.45, 7) is 6.62. The van der Waals surface area contributed by atoms with Gasteiger partial charge in [0.25, 0.3) is 0 Å². The highest BCUT2D eigenvalue weighted by Crippen LogP contribution is 2.16. The molecule has 0 aromatic rings. The molecule has 0 amide bonds. The van der Waals surface area contributed by atoms with Crippen LogP contribution in [-0.4, -0.2) is 37.2 Å². The number of ether oxygens (including phenoxy) is 3. The summed E-state index contributed by atoms with van der Waals surface area (Å²) in [7, 11) is 0. The van der Waals surface area contributed by atoms with Gasteiger partial charge in [0, 0.05) is 19.3 Å². The minimum absolute atomic E-state index is 0.0743. The summed E-state index contributed by atoms with van der Waals surface area (Å²) >= 11 is 0. The van der Waals surface area contributed by atoms with Crippen molar-refractivity contribution < 1.29 is 28.6 Å². The molecule has 1 atom stereocenters. The van der Waals surface area contributed by atoms with Crippen LogP contribution in [0.4, 0.5) is 0 Å². The number of carbonyl (C=O) groups excluding carboxylic acids is 3. The van der Waals surface area contributed by atoms with Crippen LogP contribution < -0.4 is 0 Å². The first-order valence-electron chi connectivity index (χ1n) is 30.1. The van der Waals surface area contributed by atoms with Crippen LogP contribution in [0.15, 0.2) is 48.6 Å². The maximum Gasteiger partial charge on any atom is 0.306 e. The maximum atomic E-state index is 12.9. The Hall–Kier alpha value is -2.63. The van der Waals surface area contributed by atoms with Crippen molar-refractivity contribution in [3.63, 3.8) is 0 Å². The second kappa shape index (κ2) is 57.9. The number of rotatable bonds is 55. The van der Waals surface area contributed by atoms with Crippen LogP contribution in [0.1, 0.15) is 316 Å². The molecule has 69 heavy (non-hydrogen) atoms. The van der Waals surface area contributed by atoms with Gasteiger partial charge >= 0.3 is 17.9 Å². The van der Waals surface area contributed by atoms with Gasteiger partial charge in [-0.2, -0.15) is 0 Å². The number of carbonyl (C=O) groups is 3. The summed E-state index contributed by atoms with van der Waals surface area (Å²) in [5, 5.41) is 0. The average molecular weight is 968 g/mol. The number of allylic oxidation sites excluding steroid dienone is 8. The molecule has 0 aliphatic carbocycles. The molecule has 0 aromatic heterocycles. The van der Waals surface area contributed by atoms with E-state index in [1.165, 1.54) is 199 Å². The zero-order valence-corrected chi connectivity index (χ0v) is 46.1. The van der Waals surface area contributed by atoms with Gasteiger partial charge in [-0.05, 0) is 83.5 Å². The van der Waals surface area contributed by atoms with E-state index in [1.54, 1.807) is 0 Å². The van der Waals surface area contributed by atoms with Crippen LogP contribution in [0.2, 0.25) is 0 Å². The SMILES string of the molecule is CCCCC/C=C\C/C=C\CCCCCCCCCCCC(=O)OC[C@@H](COC(=O)CCCCCCCCCCCCCCCCC)OC(=O)CCCCCCCCC/C=C\C/C=C\CCCCC. The molecule has 6 heteroatoms. The van der Waals surface area contributed by atoms with Crippen molar-refractivity contribution >= 4 is 17.9 Å². The lowest BCUT2D eigenvalue weighted by molar-refractivity contribution is -0.167. The van der Waals surface area contributed by atoms with E-state index in [0.717, 1.165) is 77.0 Å². The molecule has 0 aliphatic rings. The summed E-state index contributed by atoms with van der Waals surface area (Å²) in [5.41, 5.74) is 0. The van der Waals surface area contributed by atoms with Crippen molar-refractivity contribution in [3.05, 3.63) is 48.6 Å². The highest BCUT2D eigenvalue weighted by molar-refractivity contribution is 5.71. The topological polar surface area (TPSA) is 78.9 Å². The second-order valence-electron chi connectivity index (χ2n) is 20.3. The zero-order valence-electron chi connectivity index (χ0n) is 46.1. The van der Waals surface area contributed by atoms with Gasteiger partial charge in [-0.25, -0.2) is 0 Å². The minimum Gasteiger partial charge on any atom is -0.462 e. The Kier molecular flexibility index (Phi) is 55.7. The van der Waals surface area contributed by atoms with Gasteiger partial charge in [0.15, 0.2) is 6.10 Å². The quantitative estimate of drug-likeness (QED) is 0.0262. The Labute approximate surface area is 428 Å². The standard InChI is InChI=1S/C63H114O6/c1-4-7-10-13-16-19-22-25-28-30-31-33-35-38-41-44-47-50-53-56-62(65)68-59-60(58-67-61(64)55-52-49-46-43-40-37-34-27-24-21-18-15-12-9-6-3)69-63(66)57-54-51-48-45-42-39-36-32-29-26-23-20-17-14-11-8-5-2/h16-17,19-20,25-26,28-29,60H,4-15,18,21-24,27,30-59H2,1-3H3/b19-16-,20-17-,28-25-,29-26-/t60-/m1/s1. The molecule has 0 saturated carbocycles. The third-order valence-electron chi connectivity index (χ3n) is 13.3. The van der Waals surface area contributed by atoms with E-state index in [1.807, 2.05) is 0 Å². The van der Waals surface area contributed by atoms with Crippen LogP contribution >= 0.6 is 0 Å². The lowest BCUT2D eigenvalue weighted by Gasteiger charge is -2.18. The van der Waals surface area contributed by atoms with Crippen molar-refractivity contribution in [2.75, 3.05) is 13.2 Å². The predicted octanol–water partition coefficient (Wildman–Crippen LogP) is 20.2. The van der Waals surface area contributed by atoms with Crippen molar-refractivity contribution in [2.24, 2.45) is 0 Å². The van der Waals surface area contributed by atoms with Gasteiger partial charge in [-0.1, -0.05) is 262 Å².